The maximum Gasteiger partial charge on any atom is 0.326 e. The van der Waals surface area contributed by atoms with Crippen LogP contribution in [-0.4, -0.2) is 29.2 Å². The van der Waals surface area contributed by atoms with Gasteiger partial charge in [-0.1, -0.05) is 13.8 Å². The molecule has 5 nitrogen and oxygen atoms in total. The van der Waals surface area contributed by atoms with Crippen LogP contribution in [0.15, 0.2) is 16.8 Å². The van der Waals surface area contributed by atoms with Crippen molar-refractivity contribution in [2.75, 3.05) is 0 Å². The lowest BCUT2D eigenvalue weighted by molar-refractivity contribution is -0.139. The summed E-state index contributed by atoms with van der Waals surface area (Å²) in [5.74, 6) is -0.793. The number of urea groups is 1. The van der Waals surface area contributed by atoms with Crippen LogP contribution >= 0.6 is 11.3 Å². The number of aliphatic carboxylic acids is 1. The molecule has 112 valence electrons. The minimum atomic E-state index is -1.00. The third-order valence-corrected chi connectivity index (χ3v) is 3.54. The molecule has 0 aliphatic heterocycles. The SMILES string of the molecule is CC(C)C[C@H](NC(=O)NC(C)Cc1ccsc1)C(=O)O. The van der Waals surface area contributed by atoms with Crippen LogP contribution in [0.3, 0.4) is 0 Å². The molecule has 0 aliphatic rings. The summed E-state index contributed by atoms with van der Waals surface area (Å²) < 4.78 is 0. The molecule has 0 saturated heterocycles. The van der Waals surface area contributed by atoms with Gasteiger partial charge in [-0.25, -0.2) is 9.59 Å². The van der Waals surface area contributed by atoms with Gasteiger partial charge in [0.05, 0.1) is 0 Å². The fraction of sp³-hybridized carbons (Fsp3) is 0.571. The van der Waals surface area contributed by atoms with Crippen LogP contribution in [0, 0.1) is 5.92 Å². The number of carbonyl (C=O) groups excluding carboxylic acids is 1. The van der Waals surface area contributed by atoms with Crippen LogP contribution in [0.4, 0.5) is 4.79 Å². The lowest BCUT2D eigenvalue weighted by Crippen LogP contribution is -2.49. The summed E-state index contributed by atoms with van der Waals surface area (Å²) in [6, 6.07) is 0.696. The molecular formula is C14H22N2O3S. The van der Waals surface area contributed by atoms with Gasteiger partial charge >= 0.3 is 12.0 Å². The number of hydrogen-bond donors (Lipinski definition) is 3. The van der Waals surface area contributed by atoms with Gasteiger partial charge in [-0.05, 0) is 48.1 Å². The molecule has 0 bridgehead atoms. The van der Waals surface area contributed by atoms with Crippen molar-refractivity contribution in [2.24, 2.45) is 5.92 Å². The molecule has 1 aromatic rings. The molecule has 2 amide bonds. The van der Waals surface area contributed by atoms with Gasteiger partial charge in [0.2, 0.25) is 0 Å². The van der Waals surface area contributed by atoms with Crippen molar-refractivity contribution < 1.29 is 14.7 Å². The Balaban J connectivity index is 2.42. The zero-order chi connectivity index (χ0) is 15.1. The van der Waals surface area contributed by atoms with E-state index in [1.54, 1.807) is 11.3 Å². The second kappa shape index (κ2) is 7.89. The van der Waals surface area contributed by atoms with E-state index < -0.39 is 18.0 Å². The van der Waals surface area contributed by atoms with Gasteiger partial charge < -0.3 is 15.7 Å². The molecule has 6 heteroatoms. The molecule has 3 N–H and O–H groups in total. The minimum absolute atomic E-state index is 0.0434. The predicted molar refractivity (Wildman–Crippen MR) is 80.0 cm³/mol. The number of thiophene rings is 1. The molecule has 0 aliphatic carbocycles. The van der Waals surface area contributed by atoms with Crippen molar-refractivity contribution in [1.82, 2.24) is 10.6 Å². The molecule has 0 radical (unpaired) electrons. The maximum atomic E-state index is 11.8. The average molecular weight is 298 g/mol. The van der Waals surface area contributed by atoms with E-state index >= 15 is 0 Å². The first-order chi connectivity index (χ1) is 9.38. The summed E-state index contributed by atoms with van der Waals surface area (Å²) >= 11 is 1.62. The fourth-order valence-corrected chi connectivity index (χ4v) is 2.61. The first-order valence-electron chi connectivity index (χ1n) is 6.69. The first-order valence-corrected chi connectivity index (χ1v) is 7.63. The molecule has 0 spiro atoms. The molecule has 2 atom stereocenters. The van der Waals surface area contributed by atoms with E-state index in [0.29, 0.717) is 6.42 Å². The van der Waals surface area contributed by atoms with Crippen LogP contribution in [0.25, 0.3) is 0 Å². The zero-order valence-corrected chi connectivity index (χ0v) is 12.9. The van der Waals surface area contributed by atoms with Crippen molar-refractivity contribution in [1.29, 1.82) is 0 Å². The van der Waals surface area contributed by atoms with Crippen molar-refractivity contribution >= 4 is 23.3 Å². The number of rotatable bonds is 7. The summed E-state index contributed by atoms with van der Waals surface area (Å²) in [6.45, 7) is 5.75. The van der Waals surface area contributed by atoms with Crippen molar-refractivity contribution in [2.45, 2.75) is 45.7 Å². The lowest BCUT2D eigenvalue weighted by atomic mass is 10.0. The Morgan fingerprint density at radius 2 is 2.00 bits per heavy atom. The summed E-state index contributed by atoms with van der Waals surface area (Å²) in [5, 5.41) is 18.4. The molecular weight excluding hydrogens is 276 g/mol. The van der Waals surface area contributed by atoms with Gasteiger partial charge in [0.25, 0.3) is 0 Å². The Bertz CT molecular complexity index is 432. The smallest absolute Gasteiger partial charge is 0.326 e. The molecule has 1 rings (SSSR count). The van der Waals surface area contributed by atoms with Crippen LogP contribution < -0.4 is 10.6 Å². The fourth-order valence-electron chi connectivity index (χ4n) is 1.93. The first kappa shape index (κ1) is 16.5. The number of carboxylic acid groups (broad SMARTS) is 1. The van der Waals surface area contributed by atoms with E-state index in [0.717, 1.165) is 6.42 Å². The van der Waals surface area contributed by atoms with Gasteiger partial charge in [0.1, 0.15) is 6.04 Å². The highest BCUT2D eigenvalue weighted by atomic mass is 32.1. The molecule has 0 saturated carbocycles. The predicted octanol–water partition coefficient (Wildman–Crippen LogP) is 2.48. The van der Waals surface area contributed by atoms with Crippen molar-refractivity contribution in [3.63, 3.8) is 0 Å². The van der Waals surface area contributed by atoms with Gasteiger partial charge in [-0.3, -0.25) is 0 Å². The average Bonchev–Trinajstić information content (AvgIpc) is 2.79. The van der Waals surface area contributed by atoms with Crippen molar-refractivity contribution in [3.05, 3.63) is 22.4 Å². The third kappa shape index (κ3) is 6.06. The topological polar surface area (TPSA) is 78.4 Å². The van der Waals surface area contributed by atoms with Crippen LogP contribution in [-0.2, 0) is 11.2 Å². The van der Waals surface area contributed by atoms with Gasteiger partial charge in [-0.2, -0.15) is 11.3 Å². The summed E-state index contributed by atoms with van der Waals surface area (Å²) in [4.78, 5) is 22.9. The maximum absolute atomic E-state index is 11.8. The highest BCUT2D eigenvalue weighted by Gasteiger charge is 2.21. The van der Waals surface area contributed by atoms with Gasteiger partial charge in [0.15, 0.2) is 0 Å². The van der Waals surface area contributed by atoms with E-state index in [1.807, 2.05) is 37.6 Å². The largest absolute Gasteiger partial charge is 0.480 e. The molecule has 1 aromatic heterocycles. The van der Waals surface area contributed by atoms with Crippen LogP contribution in [0.2, 0.25) is 0 Å². The van der Waals surface area contributed by atoms with Crippen LogP contribution in [0.5, 0.6) is 0 Å². The second-order valence-corrected chi connectivity index (χ2v) is 6.15. The quantitative estimate of drug-likeness (QED) is 0.723. The minimum Gasteiger partial charge on any atom is -0.480 e. The lowest BCUT2D eigenvalue weighted by Gasteiger charge is -2.19. The van der Waals surface area contributed by atoms with E-state index in [1.165, 1.54) is 5.56 Å². The molecule has 0 fully saturated rings. The standard InChI is InChI=1S/C14H22N2O3S/c1-9(2)6-12(13(17)18)16-14(19)15-10(3)7-11-4-5-20-8-11/h4-5,8-10,12H,6-7H2,1-3H3,(H,17,18)(H2,15,16,19)/t10?,12-/m0/s1. The summed E-state index contributed by atoms with van der Waals surface area (Å²) in [6.07, 6.45) is 1.15. The molecule has 0 aromatic carbocycles. The third-order valence-electron chi connectivity index (χ3n) is 2.81. The summed E-state index contributed by atoms with van der Waals surface area (Å²) in [5.41, 5.74) is 1.17. The Morgan fingerprint density at radius 3 is 2.50 bits per heavy atom. The van der Waals surface area contributed by atoms with Gasteiger partial charge in [0, 0.05) is 6.04 Å². The highest BCUT2D eigenvalue weighted by Crippen LogP contribution is 2.09. The highest BCUT2D eigenvalue weighted by molar-refractivity contribution is 7.07. The van der Waals surface area contributed by atoms with E-state index in [9.17, 15) is 9.59 Å². The monoisotopic (exact) mass is 298 g/mol. The Morgan fingerprint density at radius 1 is 1.30 bits per heavy atom. The second-order valence-electron chi connectivity index (χ2n) is 5.37. The van der Waals surface area contributed by atoms with E-state index in [-0.39, 0.29) is 12.0 Å². The Kier molecular flexibility index (Phi) is 6.51. The summed E-state index contributed by atoms with van der Waals surface area (Å²) in [7, 11) is 0. The number of amides is 2. The Labute approximate surface area is 123 Å². The molecule has 1 unspecified atom stereocenters. The van der Waals surface area contributed by atoms with Crippen molar-refractivity contribution in [3.8, 4) is 0 Å². The Hall–Kier alpha value is -1.56. The van der Waals surface area contributed by atoms with Gasteiger partial charge in [-0.15, -0.1) is 0 Å². The number of nitrogens with one attached hydrogen (secondary N) is 2. The number of carbonyl (C=O) groups is 2. The molecule has 20 heavy (non-hydrogen) atoms. The van der Waals surface area contributed by atoms with E-state index in [4.69, 9.17) is 5.11 Å². The zero-order valence-electron chi connectivity index (χ0n) is 12.1. The number of hydrogen-bond acceptors (Lipinski definition) is 3. The van der Waals surface area contributed by atoms with E-state index in [2.05, 4.69) is 10.6 Å². The normalized spacial score (nSPS) is 13.8. The number of carboxylic acids is 1. The van der Waals surface area contributed by atoms with Crippen LogP contribution in [0.1, 0.15) is 32.8 Å². The molecule has 1 heterocycles.